The molecule has 0 aliphatic carbocycles. The van der Waals surface area contributed by atoms with E-state index in [2.05, 4.69) is 48.3 Å². The normalized spacial score (nSPS) is 23.2. The van der Waals surface area contributed by atoms with Crippen LogP contribution in [0.3, 0.4) is 0 Å². The third-order valence-electron chi connectivity index (χ3n) is 3.63. The molecule has 0 radical (unpaired) electrons. The molecule has 0 aromatic heterocycles. The number of carbonyl (C=O) groups excluding carboxylic acids is 1. The average Bonchev–Trinajstić information content (AvgIpc) is 2.40. The molecule has 1 aromatic carbocycles. The summed E-state index contributed by atoms with van der Waals surface area (Å²) in [4.78, 5) is 13.7. The quantitative estimate of drug-likeness (QED) is 0.842. The minimum atomic E-state index is -0.156. The van der Waals surface area contributed by atoms with Gasteiger partial charge in [0.05, 0.1) is 13.5 Å². The fourth-order valence-corrected chi connectivity index (χ4v) is 2.52. The number of nitrogens with zero attached hydrogens (tertiary/aromatic N) is 1. The summed E-state index contributed by atoms with van der Waals surface area (Å²) in [6, 6.07) is 9.08. The summed E-state index contributed by atoms with van der Waals surface area (Å²) < 4.78 is 4.74. The minimum absolute atomic E-state index is 0.156. The molecule has 4 nitrogen and oxygen atoms in total. The zero-order valence-corrected chi connectivity index (χ0v) is 11.8. The van der Waals surface area contributed by atoms with Gasteiger partial charge in [-0.2, -0.15) is 0 Å². The molecule has 2 unspecified atom stereocenters. The second-order valence-corrected chi connectivity index (χ2v) is 5.23. The number of rotatable bonds is 3. The highest BCUT2D eigenvalue weighted by Gasteiger charge is 2.26. The summed E-state index contributed by atoms with van der Waals surface area (Å²) in [5, 5.41) is 3.41. The lowest BCUT2D eigenvalue weighted by Crippen LogP contribution is -2.56. The summed E-state index contributed by atoms with van der Waals surface area (Å²) >= 11 is 0. The number of hydrogen-bond donors (Lipinski definition) is 1. The van der Waals surface area contributed by atoms with Gasteiger partial charge in [0, 0.05) is 30.9 Å². The van der Waals surface area contributed by atoms with Gasteiger partial charge in [-0.15, -0.1) is 0 Å². The Morgan fingerprint density at radius 2 is 2.32 bits per heavy atom. The van der Waals surface area contributed by atoms with Gasteiger partial charge in [-0.3, -0.25) is 4.79 Å². The Morgan fingerprint density at radius 1 is 1.53 bits per heavy atom. The monoisotopic (exact) mass is 262 g/mol. The van der Waals surface area contributed by atoms with E-state index in [1.165, 1.54) is 18.4 Å². The molecule has 19 heavy (non-hydrogen) atoms. The molecule has 2 rings (SSSR count). The van der Waals surface area contributed by atoms with Crippen LogP contribution in [0.5, 0.6) is 0 Å². The first kappa shape index (κ1) is 13.9. The van der Waals surface area contributed by atoms with Crippen molar-refractivity contribution in [2.75, 3.05) is 25.1 Å². The highest BCUT2D eigenvalue weighted by Crippen LogP contribution is 2.21. The second kappa shape index (κ2) is 6.06. The molecule has 1 saturated heterocycles. The summed E-state index contributed by atoms with van der Waals surface area (Å²) in [5.41, 5.74) is 2.48. The summed E-state index contributed by atoms with van der Waals surface area (Å²) in [6.07, 6.45) is 0.422. The van der Waals surface area contributed by atoms with E-state index in [0.29, 0.717) is 12.5 Å². The lowest BCUT2D eigenvalue weighted by atomic mass is 10.1. The van der Waals surface area contributed by atoms with Crippen LogP contribution in [0.1, 0.15) is 18.9 Å². The van der Waals surface area contributed by atoms with Crippen molar-refractivity contribution < 1.29 is 9.53 Å². The number of benzene rings is 1. The van der Waals surface area contributed by atoms with Crippen molar-refractivity contribution in [2.24, 2.45) is 0 Å². The second-order valence-electron chi connectivity index (χ2n) is 5.23. The van der Waals surface area contributed by atoms with E-state index in [0.717, 1.165) is 13.1 Å². The van der Waals surface area contributed by atoms with Crippen LogP contribution < -0.4 is 10.2 Å². The zero-order valence-electron chi connectivity index (χ0n) is 11.8. The van der Waals surface area contributed by atoms with Gasteiger partial charge in [-0.25, -0.2) is 0 Å². The van der Waals surface area contributed by atoms with E-state index in [9.17, 15) is 4.79 Å². The molecule has 1 aromatic rings. The molecule has 0 bridgehead atoms. The molecule has 1 N–H and O–H groups in total. The van der Waals surface area contributed by atoms with Crippen molar-refractivity contribution in [3.63, 3.8) is 0 Å². The summed E-state index contributed by atoms with van der Waals surface area (Å²) in [7, 11) is 1.44. The molecule has 0 saturated carbocycles. The third-order valence-corrected chi connectivity index (χ3v) is 3.63. The van der Waals surface area contributed by atoms with Crippen LogP contribution in [0.2, 0.25) is 0 Å². The molecule has 0 spiro atoms. The number of nitrogens with one attached hydrogen (secondary N) is 1. The Kier molecular flexibility index (Phi) is 4.43. The van der Waals surface area contributed by atoms with Crippen molar-refractivity contribution in [3.8, 4) is 0 Å². The van der Waals surface area contributed by atoms with Gasteiger partial charge in [-0.1, -0.05) is 12.1 Å². The van der Waals surface area contributed by atoms with Crippen molar-refractivity contribution in [1.82, 2.24) is 5.32 Å². The van der Waals surface area contributed by atoms with E-state index in [1.807, 2.05) is 0 Å². The van der Waals surface area contributed by atoms with Crippen molar-refractivity contribution in [1.29, 1.82) is 0 Å². The SMILES string of the molecule is COC(=O)CC1CN(c2cccc(C)c2)C(C)CN1. The number of ether oxygens (including phenoxy) is 1. The van der Waals surface area contributed by atoms with Crippen LogP contribution in [-0.2, 0) is 9.53 Å². The molecular formula is C15H22N2O2. The molecule has 1 heterocycles. The third kappa shape index (κ3) is 3.47. The smallest absolute Gasteiger partial charge is 0.307 e. The number of aryl methyl sites for hydroxylation is 1. The highest BCUT2D eigenvalue weighted by molar-refractivity contribution is 5.70. The lowest BCUT2D eigenvalue weighted by molar-refractivity contribution is -0.141. The van der Waals surface area contributed by atoms with Crippen molar-refractivity contribution in [2.45, 2.75) is 32.4 Å². The van der Waals surface area contributed by atoms with Gasteiger partial charge in [0.2, 0.25) is 0 Å². The Labute approximate surface area is 114 Å². The highest BCUT2D eigenvalue weighted by atomic mass is 16.5. The Morgan fingerprint density at radius 3 is 3.00 bits per heavy atom. The zero-order chi connectivity index (χ0) is 13.8. The van der Waals surface area contributed by atoms with E-state index in [-0.39, 0.29) is 12.0 Å². The number of anilines is 1. The number of methoxy groups -OCH3 is 1. The molecule has 104 valence electrons. The molecule has 2 atom stereocenters. The van der Waals surface area contributed by atoms with E-state index < -0.39 is 0 Å². The Hall–Kier alpha value is -1.55. The van der Waals surface area contributed by atoms with Crippen LogP contribution in [-0.4, -0.2) is 38.3 Å². The van der Waals surface area contributed by atoms with E-state index in [4.69, 9.17) is 4.74 Å². The van der Waals surface area contributed by atoms with Crippen molar-refractivity contribution >= 4 is 11.7 Å². The molecule has 0 amide bonds. The first-order valence-electron chi connectivity index (χ1n) is 6.73. The number of carbonyl (C=O) groups is 1. The molecule has 1 fully saturated rings. The van der Waals surface area contributed by atoms with E-state index in [1.54, 1.807) is 0 Å². The minimum Gasteiger partial charge on any atom is -0.469 e. The maximum atomic E-state index is 11.4. The van der Waals surface area contributed by atoms with Gasteiger partial charge in [0.1, 0.15) is 0 Å². The van der Waals surface area contributed by atoms with Crippen LogP contribution >= 0.6 is 0 Å². The fraction of sp³-hybridized carbons (Fsp3) is 0.533. The summed E-state index contributed by atoms with van der Waals surface area (Å²) in [5.74, 6) is -0.156. The van der Waals surface area contributed by atoms with Crippen LogP contribution in [0, 0.1) is 6.92 Å². The fourth-order valence-electron chi connectivity index (χ4n) is 2.52. The van der Waals surface area contributed by atoms with Crippen LogP contribution in [0.15, 0.2) is 24.3 Å². The molecule has 1 aliphatic rings. The Balaban J connectivity index is 2.08. The van der Waals surface area contributed by atoms with Crippen molar-refractivity contribution in [3.05, 3.63) is 29.8 Å². The van der Waals surface area contributed by atoms with Crippen LogP contribution in [0.25, 0.3) is 0 Å². The standard InChI is InChI=1S/C15H22N2O2/c1-11-5-4-6-14(7-11)17-10-13(8-15(18)19-3)16-9-12(17)2/h4-7,12-13,16H,8-10H2,1-3H3. The Bertz CT molecular complexity index is 448. The predicted molar refractivity (Wildman–Crippen MR) is 76.4 cm³/mol. The maximum Gasteiger partial charge on any atom is 0.307 e. The molecule has 1 aliphatic heterocycles. The van der Waals surface area contributed by atoms with E-state index >= 15 is 0 Å². The molecule has 4 heteroatoms. The predicted octanol–water partition coefficient (Wildman–Crippen LogP) is 1.72. The van der Waals surface area contributed by atoms with Crippen LogP contribution in [0.4, 0.5) is 5.69 Å². The topological polar surface area (TPSA) is 41.6 Å². The number of hydrogen-bond acceptors (Lipinski definition) is 4. The average molecular weight is 262 g/mol. The van der Waals surface area contributed by atoms with Gasteiger partial charge in [0.25, 0.3) is 0 Å². The first-order chi connectivity index (χ1) is 9.10. The van der Waals surface area contributed by atoms with Gasteiger partial charge in [-0.05, 0) is 31.5 Å². The number of esters is 1. The summed E-state index contributed by atoms with van der Waals surface area (Å²) in [6.45, 7) is 6.02. The first-order valence-corrected chi connectivity index (χ1v) is 6.73. The largest absolute Gasteiger partial charge is 0.469 e. The van der Waals surface area contributed by atoms with Gasteiger partial charge in [0.15, 0.2) is 0 Å². The van der Waals surface area contributed by atoms with Gasteiger partial charge >= 0.3 is 5.97 Å². The number of piperazine rings is 1. The van der Waals surface area contributed by atoms with Gasteiger partial charge < -0.3 is 15.0 Å². The molecular weight excluding hydrogens is 240 g/mol. The maximum absolute atomic E-state index is 11.4. The lowest BCUT2D eigenvalue weighted by Gasteiger charge is -2.40.